The third-order valence-electron chi connectivity index (χ3n) is 2.93. The van der Waals surface area contributed by atoms with Gasteiger partial charge in [0.15, 0.2) is 5.84 Å². The summed E-state index contributed by atoms with van der Waals surface area (Å²) in [6.45, 7) is 0. The Labute approximate surface area is 120 Å². The first kappa shape index (κ1) is 14.1. The van der Waals surface area contributed by atoms with Crippen molar-refractivity contribution in [1.29, 1.82) is 0 Å². The van der Waals surface area contributed by atoms with E-state index in [0.717, 1.165) is 4.88 Å². The normalized spacial score (nSPS) is 11.3. The molecule has 1 amide bonds. The van der Waals surface area contributed by atoms with Gasteiger partial charge in [-0.25, -0.2) is 0 Å². The second-order valence-corrected chi connectivity index (χ2v) is 5.24. The van der Waals surface area contributed by atoms with E-state index in [0.29, 0.717) is 17.7 Å². The van der Waals surface area contributed by atoms with Gasteiger partial charge in [0.1, 0.15) is 0 Å². The summed E-state index contributed by atoms with van der Waals surface area (Å²) in [6, 6.07) is 10.9. The SMILES string of the molecule is CN(C(=O)Cc1cccs1)c1ccccc1/C(N)=N/O. The van der Waals surface area contributed by atoms with Crippen molar-refractivity contribution in [2.24, 2.45) is 10.9 Å². The van der Waals surface area contributed by atoms with Gasteiger partial charge in [-0.05, 0) is 23.6 Å². The number of benzene rings is 1. The molecule has 1 aromatic heterocycles. The molecule has 3 N–H and O–H groups in total. The molecular formula is C14H15N3O2S. The number of carbonyl (C=O) groups is 1. The van der Waals surface area contributed by atoms with E-state index < -0.39 is 0 Å². The minimum atomic E-state index is -0.0503. The van der Waals surface area contributed by atoms with Gasteiger partial charge in [-0.15, -0.1) is 11.3 Å². The molecule has 5 nitrogen and oxygen atoms in total. The molecule has 0 aliphatic carbocycles. The predicted octanol–water partition coefficient (Wildman–Crippen LogP) is 2.05. The van der Waals surface area contributed by atoms with Gasteiger partial charge >= 0.3 is 0 Å². The Morgan fingerprint density at radius 3 is 2.75 bits per heavy atom. The van der Waals surface area contributed by atoms with E-state index in [9.17, 15) is 4.79 Å². The Bertz CT molecular complexity index is 623. The number of amides is 1. The fraction of sp³-hybridized carbons (Fsp3) is 0.143. The van der Waals surface area contributed by atoms with Gasteiger partial charge in [0.2, 0.25) is 5.91 Å². The molecule has 0 saturated carbocycles. The number of nitrogens with zero attached hydrogens (tertiary/aromatic N) is 2. The van der Waals surface area contributed by atoms with Crippen molar-refractivity contribution >= 4 is 28.8 Å². The van der Waals surface area contributed by atoms with Gasteiger partial charge in [-0.1, -0.05) is 23.4 Å². The van der Waals surface area contributed by atoms with Crippen molar-refractivity contribution in [1.82, 2.24) is 0 Å². The van der Waals surface area contributed by atoms with Crippen LogP contribution in [0.2, 0.25) is 0 Å². The van der Waals surface area contributed by atoms with Crippen molar-refractivity contribution < 1.29 is 10.0 Å². The second-order valence-electron chi connectivity index (χ2n) is 4.21. The lowest BCUT2D eigenvalue weighted by Gasteiger charge is -2.20. The summed E-state index contributed by atoms with van der Waals surface area (Å²) in [5.74, 6) is -0.0676. The molecule has 20 heavy (non-hydrogen) atoms. The molecule has 0 bridgehead atoms. The van der Waals surface area contributed by atoms with Crippen molar-refractivity contribution in [3.05, 3.63) is 52.2 Å². The van der Waals surface area contributed by atoms with Crippen LogP contribution in [0.4, 0.5) is 5.69 Å². The zero-order valence-electron chi connectivity index (χ0n) is 11.0. The fourth-order valence-electron chi connectivity index (χ4n) is 1.85. The first-order valence-electron chi connectivity index (χ1n) is 5.99. The Kier molecular flexibility index (Phi) is 4.37. The van der Waals surface area contributed by atoms with Crippen molar-refractivity contribution in [3.63, 3.8) is 0 Å². The summed E-state index contributed by atoms with van der Waals surface area (Å²) in [7, 11) is 1.68. The smallest absolute Gasteiger partial charge is 0.231 e. The Hall–Kier alpha value is -2.34. The molecule has 2 rings (SSSR count). The summed E-state index contributed by atoms with van der Waals surface area (Å²) in [5.41, 5.74) is 6.77. The van der Waals surface area contributed by atoms with E-state index in [1.54, 1.807) is 42.6 Å². The molecule has 0 atom stereocenters. The highest BCUT2D eigenvalue weighted by Gasteiger charge is 2.16. The molecule has 1 heterocycles. The zero-order chi connectivity index (χ0) is 14.5. The van der Waals surface area contributed by atoms with Crippen LogP contribution >= 0.6 is 11.3 Å². The molecule has 0 radical (unpaired) electrons. The summed E-state index contributed by atoms with van der Waals surface area (Å²) >= 11 is 1.54. The van der Waals surface area contributed by atoms with Gasteiger partial charge in [0.25, 0.3) is 0 Å². The maximum Gasteiger partial charge on any atom is 0.231 e. The number of thiophene rings is 1. The molecule has 0 saturated heterocycles. The van der Waals surface area contributed by atoms with E-state index in [2.05, 4.69) is 5.16 Å². The van der Waals surface area contributed by atoms with Crippen LogP contribution in [0.5, 0.6) is 0 Å². The Morgan fingerprint density at radius 2 is 2.10 bits per heavy atom. The maximum atomic E-state index is 12.3. The van der Waals surface area contributed by atoms with Crippen LogP contribution in [0, 0.1) is 0 Å². The van der Waals surface area contributed by atoms with Crippen LogP contribution < -0.4 is 10.6 Å². The lowest BCUT2D eigenvalue weighted by molar-refractivity contribution is -0.117. The summed E-state index contributed by atoms with van der Waals surface area (Å²) < 4.78 is 0. The van der Waals surface area contributed by atoms with Crippen molar-refractivity contribution in [3.8, 4) is 0 Å². The van der Waals surface area contributed by atoms with Crippen LogP contribution in [0.3, 0.4) is 0 Å². The van der Waals surface area contributed by atoms with Crippen LogP contribution in [-0.4, -0.2) is 24.0 Å². The standard InChI is InChI=1S/C14H15N3O2S/c1-17(13(18)9-10-5-4-8-20-10)12-7-3-2-6-11(12)14(15)16-19/h2-8,19H,9H2,1H3,(H2,15,16). The van der Waals surface area contributed by atoms with Crippen molar-refractivity contribution in [2.45, 2.75) is 6.42 Å². The van der Waals surface area contributed by atoms with Crippen LogP contribution in [0.15, 0.2) is 46.9 Å². The van der Waals surface area contributed by atoms with E-state index >= 15 is 0 Å². The number of hydrogen-bond donors (Lipinski definition) is 2. The highest BCUT2D eigenvalue weighted by Crippen LogP contribution is 2.20. The third kappa shape index (κ3) is 2.97. The minimum absolute atomic E-state index is 0.0172. The average molecular weight is 289 g/mol. The van der Waals surface area contributed by atoms with Crippen LogP contribution in [-0.2, 0) is 11.2 Å². The first-order chi connectivity index (χ1) is 9.63. The lowest BCUT2D eigenvalue weighted by Crippen LogP contribution is -2.30. The molecule has 104 valence electrons. The van der Waals surface area contributed by atoms with Gasteiger partial charge in [-0.2, -0.15) is 0 Å². The Balaban J connectivity index is 2.25. The number of likely N-dealkylation sites (N-methyl/N-ethyl adjacent to an activating group) is 1. The molecule has 0 aliphatic rings. The van der Waals surface area contributed by atoms with Gasteiger partial charge in [-0.3, -0.25) is 4.79 Å². The van der Waals surface area contributed by atoms with E-state index in [4.69, 9.17) is 10.9 Å². The van der Waals surface area contributed by atoms with Crippen molar-refractivity contribution in [2.75, 3.05) is 11.9 Å². The average Bonchev–Trinajstić information content (AvgIpc) is 2.98. The lowest BCUT2D eigenvalue weighted by atomic mass is 10.1. The van der Waals surface area contributed by atoms with E-state index in [1.807, 2.05) is 17.5 Å². The zero-order valence-corrected chi connectivity index (χ0v) is 11.8. The maximum absolute atomic E-state index is 12.3. The summed E-state index contributed by atoms with van der Waals surface area (Å²) in [6.07, 6.45) is 0.332. The number of para-hydroxylation sites is 1. The van der Waals surface area contributed by atoms with Gasteiger partial charge in [0, 0.05) is 17.5 Å². The van der Waals surface area contributed by atoms with Crippen LogP contribution in [0.1, 0.15) is 10.4 Å². The monoisotopic (exact) mass is 289 g/mol. The highest BCUT2D eigenvalue weighted by molar-refractivity contribution is 7.10. The predicted molar refractivity (Wildman–Crippen MR) is 80.4 cm³/mol. The number of oxime groups is 1. The van der Waals surface area contributed by atoms with E-state index in [1.165, 1.54) is 4.90 Å². The first-order valence-corrected chi connectivity index (χ1v) is 6.87. The topological polar surface area (TPSA) is 78.9 Å². The molecule has 0 unspecified atom stereocenters. The van der Waals surface area contributed by atoms with Gasteiger partial charge in [0.05, 0.1) is 12.1 Å². The van der Waals surface area contributed by atoms with Gasteiger partial charge < -0.3 is 15.8 Å². The number of rotatable bonds is 4. The number of amidine groups is 1. The fourth-order valence-corrected chi connectivity index (χ4v) is 2.55. The second kappa shape index (κ2) is 6.21. The molecule has 2 aromatic rings. The molecule has 0 fully saturated rings. The summed E-state index contributed by atoms with van der Waals surface area (Å²) in [5, 5.41) is 13.7. The molecule has 0 aliphatic heterocycles. The van der Waals surface area contributed by atoms with E-state index in [-0.39, 0.29) is 11.7 Å². The Morgan fingerprint density at radius 1 is 1.35 bits per heavy atom. The largest absolute Gasteiger partial charge is 0.409 e. The number of anilines is 1. The molecule has 6 heteroatoms. The molecule has 1 aromatic carbocycles. The third-order valence-corrected chi connectivity index (χ3v) is 3.81. The number of carbonyl (C=O) groups excluding carboxylic acids is 1. The summed E-state index contributed by atoms with van der Waals surface area (Å²) in [4.78, 5) is 14.8. The van der Waals surface area contributed by atoms with Crippen LogP contribution in [0.25, 0.3) is 0 Å². The molecule has 0 spiro atoms. The highest BCUT2D eigenvalue weighted by atomic mass is 32.1. The number of nitrogens with two attached hydrogens (primary N) is 1. The molecular weight excluding hydrogens is 274 g/mol. The minimum Gasteiger partial charge on any atom is -0.409 e. The number of hydrogen-bond acceptors (Lipinski definition) is 4. The quantitative estimate of drug-likeness (QED) is 0.391.